The van der Waals surface area contributed by atoms with Crippen molar-refractivity contribution in [3.8, 4) is 0 Å². The first kappa shape index (κ1) is 12.2. The van der Waals surface area contributed by atoms with Crippen LogP contribution in [0.3, 0.4) is 0 Å². The average Bonchev–Trinajstić information content (AvgIpc) is 3.08. The van der Waals surface area contributed by atoms with Gasteiger partial charge in [-0.25, -0.2) is 4.98 Å². The van der Waals surface area contributed by atoms with E-state index in [9.17, 15) is 0 Å². The van der Waals surface area contributed by atoms with Gasteiger partial charge in [-0.15, -0.1) is 0 Å². The topological polar surface area (TPSA) is 29.9 Å². The summed E-state index contributed by atoms with van der Waals surface area (Å²) in [4.78, 5) is 4.35. The summed E-state index contributed by atoms with van der Waals surface area (Å²) >= 11 is 0. The van der Waals surface area contributed by atoms with Crippen LogP contribution in [0.1, 0.15) is 63.1 Å². The minimum absolute atomic E-state index is 0.554. The van der Waals surface area contributed by atoms with Crippen molar-refractivity contribution in [2.75, 3.05) is 6.54 Å². The van der Waals surface area contributed by atoms with Crippen LogP contribution in [0.2, 0.25) is 0 Å². The van der Waals surface area contributed by atoms with Crippen molar-refractivity contribution in [3.05, 3.63) is 18.2 Å². The Morgan fingerprint density at radius 3 is 2.83 bits per heavy atom. The number of hydrogen-bond acceptors (Lipinski definition) is 2. The third kappa shape index (κ3) is 2.77. The Balaban J connectivity index is 1.56. The molecule has 1 aromatic heterocycles. The normalized spacial score (nSPS) is 25.7. The fourth-order valence-electron chi connectivity index (χ4n) is 3.54. The molecule has 1 atom stereocenters. The van der Waals surface area contributed by atoms with E-state index in [1.807, 2.05) is 6.33 Å². The van der Waals surface area contributed by atoms with Gasteiger partial charge < -0.3 is 9.88 Å². The monoisotopic (exact) mass is 247 g/mol. The summed E-state index contributed by atoms with van der Waals surface area (Å²) < 4.78 is 2.39. The fourth-order valence-corrected chi connectivity index (χ4v) is 3.54. The summed E-state index contributed by atoms with van der Waals surface area (Å²) in [6.07, 6.45) is 15.3. The van der Waals surface area contributed by atoms with Gasteiger partial charge in [-0.3, -0.25) is 0 Å². The molecule has 1 aliphatic heterocycles. The van der Waals surface area contributed by atoms with Gasteiger partial charge in [0.1, 0.15) is 0 Å². The summed E-state index contributed by atoms with van der Waals surface area (Å²) in [5, 5.41) is 3.58. The Morgan fingerprint density at radius 1 is 1.17 bits per heavy atom. The molecule has 2 aliphatic rings. The first-order chi connectivity index (χ1) is 8.93. The minimum Gasteiger partial charge on any atom is -0.333 e. The lowest BCUT2D eigenvalue weighted by molar-refractivity contribution is 0.321. The van der Waals surface area contributed by atoms with Crippen molar-refractivity contribution in [2.24, 2.45) is 5.92 Å². The number of nitrogens with one attached hydrogen (secondary N) is 1. The molecule has 0 bridgehead atoms. The van der Waals surface area contributed by atoms with Crippen molar-refractivity contribution in [1.29, 1.82) is 0 Å². The summed E-state index contributed by atoms with van der Waals surface area (Å²) in [5.41, 5.74) is 1.41. The first-order valence-electron chi connectivity index (χ1n) is 7.67. The lowest BCUT2D eigenvalue weighted by Crippen LogP contribution is -2.18. The van der Waals surface area contributed by atoms with Gasteiger partial charge >= 0.3 is 0 Å². The third-order valence-corrected chi connectivity index (χ3v) is 4.66. The molecule has 3 heteroatoms. The quantitative estimate of drug-likeness (QED) is 0.885. The minimum atomic E-state index is 0.554. The highest BCUT2D eigenvalue weighted by atomic mass is 15.1. The number of rotatable bonds is 4. The van der Waals surface area contributed by atoms with Crippen molar-refractivity contribution < 1.29 is 0 Å². The SMILES string of the molecule is c1ncn(CCC2CCCCC2)c1C1CCCN1. The van der Waals surface area contributed by atoms with Crippen LogP contribution in [0.15, 0.2) is 12.5 Å². The molecule has 1 saturated heterocycles. The summed E-state index contributed by atoms with van der Waals surface area (Å²) in [7, 11) is 0. The van der Waals surface area contributed by atoms with Gasteiger partial charge in [-0.2, -0.15) is 0 Å². The van der Waals surface area contributed by atoms with Gasteiger partial charge in [0.15, 0.2) is 0 Å². The van der Waals surface area contributed by atoms with Gasteiger partial charge in [0, 0.05) is 18.8 Å². The summed E-state index contributed by atoms with van der Waals surface area (Å²) in [6.45, 7) is 2.33. The van der Waals surface area contributed by atoms with E-state index < -0.39 is 0 Å². The average molecular weight is 247 g/mol. The maximum Gasteiger partial charge on any atom is 0.0948 e. The van der Waals surface area contributed by atoms with E-state index in [2.05, 4.69) is 21.1 Å². The molecule has 0 aromatic carbocycles. The molecular weight excluding hydrogens is 222 g/mol. The molecule has 1 saturated carbocycles. The summed E-state index contributed by atoms with van der Waals surface area (Å²) in [5.74, 6) is 0.963. The number of aryl methyl sites for hydroxylation is 1. The van der Waals surface area contributed by atoms with Gasteiger partial charge in [-0.1, -0.05) is 32.1 Å². The van der Waals surface area contributed by atoms with Crippen LogP contribution in [-0.4, -0.2) is 16.1 Å². The molecule has 0 radical (unpaired) electrons. The van der Waals surface area contributed by atoms with E-state index >= 15 is 0 Å². The molecule has 2 fully saturated rings. The van der Waals surface area contributed by atoms with Crippen LogP contribution >= 0.6 is 0 Å². The molecule has 0 amide bonds. The predicted molar refractivity (Wildman–Crippen MR) is 73.4 cm³/mol. The number of aromatic nitrogens is 2. The fraction of sp³-hybridized carbons (Fsp3) is 0.800. The second-order valence-electron chi connectivity index (χ2n) is 5.95. The maximum absolute atomic E-state index is 4.35. The second-order valence-corrected chi connectivity index (χ2v) is 5.95. The molecule has 1 aliphatic carbocycles. The Hall–Kier alpha value is -0.830. The van der Waals surface area contributed by atoms with Crippen LogP contribution in [0.4, 0.5) is 0 Å². The maximum atomic E-state index is 4.35. The smallest absolute Gasteiger partial charge is 0.0948 e. The Kier molecular flexibility index (Phi) is 3.99. The van der Waals surface area contributed by atoms with Gasteiger partial charge in [0.2, 0.25) is 0 Å². The zero-order valence-corrected chi connectivity index (χ0v) is 11.3. The van der Waals surface area contributed by atoms with Crippen LogP contribution in [0.5, 0.6) is 0 Å². The van der Waals surface area contributed by atoms with Crippen LogP contribution in [0, 0.1) is 5.92 Å². The van der Waals surface area contributed by atoms with E-state index in [1.54, 1.807) is 0 Å². The highest BCUT2D eigenvalue weighted by molar-refractivity contribution is 5.07. The standard InChI is InChI=1S/C15H25N3/c1-2-5-13(6-3-1)8-10-18-12-16-11-15(18)14-7-4-9-17-14/h11-14,17H,1-10H2. The number of imidazole rings is 1. The molecule has 1 N–H and O–H groups in total. The zero-order valence-electron chi connectivity index (χ0n) is 11.3. The van der Waals surface area contributed by atoms with Gasteiger partial charge in [0.05, 0.1) is 12.0 Å². The van der Waals surface area contributed by atoms with Gasteiger partial charge in [0.25, 0.3) is 0 Å². The van der Waals surface area contributed by atoms with Crippen LogP contribution in [0.25, 0.3) is 0 Å². The van der Waals surface area contributed by atoms with E-state index in [-0.39, 0.29) is 0 Å². The van der Waals surface area contributed by atoms with E-state index in [1.165, 1.54) is 63.6 Å². The van der Waals surface area contributed by atoms with Crippen molar-refractivity contribution in [1.82, 2.24) is 14.9 Å². The molecule has 1 aromatic rings. The molecule has 18 heavy (non-hydrogen) atoms. The molecule has 0 spiro atoms. The lowest BCUT2D eigenvalue weighted by Gasteiger charge is -2.22. The Labute approximate surface area is 110 Å². The molecule has 3 rings (SSSR count). The largest absolute Gasteiger partial charge is 0.333 e. The van der Waals surface area contributed by atoms with Gasteiger partial charge in [-0.05, 0) is 31.7 Å². The van der Waals surface area contributed by atoms with Crippen LogP contribution in [-0.2, 0) is 6.54 Å². The van der Waals surface area contributed by atoms with Crippen molar-refractivity contribution in [3.63, 3.8) is 0 Å². The van der Waals surface area contributed by atoms with Crippen LogP contribution < -0.4 is 5.32 Å². The number of nitrogens with zero attached hydrogens (tertiary/aromatic N) is 2. The Bertz CT molecular complexity index is 360. The second kappa shape index (κ2) is 5.87. The van der Waals surface area contributed by atoms with E-state index in [4.69, 9.17) is 0 Å². The van der Waals surface area contributed by atoms with E-state index in [0.717, 1.165) is 12.5 Å². The molecule has 3 nitrogen and oxygen atoms in total. The van der Waals surface area contributed by atoms with E-state index in [0.29, 0.717) is 6.04 Å². The van der Waals surface area contributed by atoms with Crippen molar-refractivity contribution >= 4 is 0 Å². The van der Waals surface area contributed by atoms with Crippen molar-refractivity contribution in [2.45, 2.75) is 64.0 Å². The zero-order chi connectivity index (χ0) is 12.2. The Morgan fingerprint density at radius 2 is 2.06 bits per heavy atom. The third-order valence-electron chi connectivity index (χ3n) is 4.66. The highest BCUT2D eigenvalue weighted by Gasteiger charge is 2.20. The highest BCUT2D eigenvalue weighted by Crippen LogP contribution is 2.28. The number of hydrogen-bond donors (Lipinski definition) is 1. The predicted octanol–water partition coefficient (Wildman–Crippen LogP) is 3.28. The summed E-state index contributed by atoms with van der Waals surface area (Å²) in [6, 6.07) is 0.554. The molecular formula is C15H25N3. The molecule has 2 heterocycles. The molecule has 100 valence electrons. The molecule has 1 unspecified atom stereocenters. The first-order valence-corrected chi connectivity index (χ1v) is 7.67. The lowest BCUT2D eigenvalue weighted by atomic mass is 9.87.